The van der Waals surface area contributed by atoms with Crippen LogP contribution < -0.4 is 10.2 Å². The molecule has 1 aromatic rings. The van der Waals surface area contributed by atoms with E-state index in [1.807, 2.05) is 25.2 Å². The van der Waals surface area contributed by atoms with Gasteiger partial charge in [0.05, 0.1) is 16.8 Å². The van der Waals surface area contributed by atoms with Crippen LogP contribution in [0.2, 0.25) is 5.02 Å². The lowest BCUT2D eigenvalue weighted by atomic mass is 10.0. The molecule has 1 aliphatic heterocycles. The highest BCUT2D eigenvalue weighted by Gasteiger charge is 2.29. The van der Waals surface area contributed by atoms with Gasteiger partial charge in [-0.25, -0.2) is 0 Å². The number of hydrogen-bond donors (Lipinski definition) is 1. The van der Waals surface area contributed by atoms with E-state index >= 15 is 0 Å². The van der Waals surface area contributed by atoms with Crippen molar-refractivity contribution in [3.63, 3.8) is 0 Å². The Morgan fingerprint density at radius 3 is 2.94 bits per heavy atom. The van der Waals surface area contributed by atoms with Gasteiger partial charge in [0.1, 0.15) is 0 Å². The van der Waals surface area contributed by atoms with Gasteiger partial charge in [-0.3, -0.25) is 4.79 Å². The van der Waals surface area contributed by atoms with Gasteiger partial charge in [-0.1, -0.05) is 27.5 Å². The molecule has 1 aromatic carbocycles. The van der Waals surface area contributed by atoms with E-state index < -0.39 is 0 Å². The Hall–Kier alpha value is -0.580. The van der Waals surface area contributed by atoms with Gasteiger partial charge in [0.15, 0.2) is 0 Å². The highest BCUT2D eigenvalue weighted by Crippen LogP contribution is 2.31. The molecule has 1 aliphatic rings. The zero-order valence-corrected chi connectivity index (χ0v) is 11.9. The summed E-state index contributed by atoms with van der Waals surface area (Å²) in [6.07, 6.45) is 1.88. The quantitative estimate of drug-likeness (QED) is 0.910. The van der Waals surface area contributed by atoms with Crippen LogP contribution in [0.4, 0.5) is 5.69 Å². The Balaban J connectivity index is 2.29. The van der Waals surface area contributed by atoms with E-state index in [1.54, 1.807) is 4.90 Å². The molecule has 0 aromatic heterocycles. The Morgan fingerprint density at radius 1 is 1.53 bits per heavy atom. The predicted octanol–water partition coefficient (Wildman–Crippen LogP) is 2.82. The lowest BCUT2D eigenvalue weighted by molar-refractivity contribution is -0.121. The molecule has 0 aliphatic carbocycles. The molecule has 1 N–H and O–H groups in total. The number of amides is 1. The van der Waals surface area contributed by atoms with Gasteiger partial charge < -0.3 is 10.2 Å². The first-order valence-corrected chi connectivity index (χ1v) is 6.74. The van der Waals surface area contributed by atoms with E-state index in [0.717, 1.165) is 29.5 Å². The Kier molecular flexibility index (Phi) is 4.07. The van der Waals surface area contributed by atoms with Crippen molar-refractivity contribution in [3.05, 3.63) is 27.7 Å². The minimum absolute atomic E-state index is 0.0940. The molecule has 0 spiro atoms. The summed E-state index contributed by atoms with van der Waals surface area (Å²) < 4.78 is 0.917. The van der Waals surface area contributed by atoms with Crippen molar-refractivity contribution in [3.8, 4) is 0 Å². The van der Waals surface area contributed by atoms with Crippen molar-refractivity contribution in [2.24, 2.45) is 0 Å². The number of likely N-dealkylation sites (N-methyl/N-ethyl adjacent to an activating group) is 1. The molecular weight excluding hydrogens is 304 g/mol. The van der Waals surface area contributed by atoms with Crippen LogP contribution in [-0.2, 0) is 4.79 Å². The fourth-order valence-electron chi connectivity index (χ4n) is 2.08. The molecule has 1 unspecified atom stereocenters. The molecule has 1 saturated heterocycles. The Morgan fingerprint density at radius 2 is 2.29 bits per heavy atom. The van der Waals surface area contributed by atoms with E-state index in [1.165, 1.54) is 0 Å². The normalized spacial score (nSPS) is 20.8. The van der Waals surface area contributed by atoms with Crippen LogP contribution in [0.1, 0.15) is 12.8 Å². The van der Waals surface area contributed by atoms with Gasteiger partial charge >= 0.3 is 0 Å². The molecular formula is C12H14BrClN2O. The van der Waals surface area contributed by atoms with Crippen LogP contribution in [0.3, 0.4) is 0 Å². The van der Waals surface area contributed by atoms with Crippen molar-refractivity contribution >= 4 is 39.1 Å². The number of nitrogens with one attached hydrogen (secondary N) is 1. The number of hydrogen-bond acceptors (Lipinski definition) is 2. The highest BCUT2D eigenvalue weighted by molar-refractivity contribution is 9.10. The van der Waals surface area contributed by atoms with Crippen LogP contribution in [-0.4, -0.2) is 25.5 Å². The van der Waals surface area contributed by atoms with E-state index in [2.05, 4.69) is 21.2 Å². The molecule has 2 rings (SSSR count). The van der Waals surface area contributed by atoms with Crippen molar-refractivity contribution in [1.82, 2.24) is 5.32 Å². The van der Waals surface area contributed by atoms with E-state index in [-0.39, 0.29) is 11.9 Å². The van der Waals surface area contributed by atoms with Crippen LogP contribution in [0.25, 0.3) is 0 Å². The molecule has 92 valence electrons. The summed E-state index contributed by atoms with van der Waals surface area (Å²) in [6, 6.07) is 5.50. The van der Waals surface area contributed by atoms with Gasteiger partial charge in [0, 0.05) is 11.0 Å². The largest absolute Gasteiger partial charge is 0.310 e. The van der Waals surface area contributed by atoms with Crippen LogP contribution in [0.5, 0.6) is 0 Å². The fraction of sp³-hybridized carbons (Fsp3) is 0.417. The molecule has 0 saturated carbocycles. The molecule has 1 fully saturated rings. The maximum Gasteiger partial charge on any atom is 0.244 e. The second kappa shape index (κ2) is 5.38. The maximum absolute atomic E-state index is 12.2. The van der Waals surface area contributed by atoms with Crippen LogP contribution >= 0.6 is 27.5 Å². The number of halogens is 2. The Bertz CT molecular complexity index is 439. The summed E-state index contributed by atoms with van der Waals surface area (Å²) >= 11 is 9.54. The average molecular weight is 318 g/mol. The second-order valence-corrected chi connectivity index (χ2v) is 5.39. The van der Waals surface area contributed by atoms with E-state index in [9.17, 15) is 4.79 Å². The predicted molar refractivity (Wildman–Crippen MR) is 73.6 cm³/mol. The SMILES string of the molecule is CNC1CCCN(c2ccc(Br)cc2Cl)C1=O. The molecule has 0 bridgehead atoms. The lowest BCUT2D eigenvalue weighted by Gasteiger charge is -2.32. The molecule has 1 amide bonds. The molecule has 1 atom stereocenters. The molecule has 5 heteroatoms. The molecule has 1 heterocycles. The van der Waals surface area contributed by atoms with Crippen molar-refractivity contribution < 1.29 is 4.79 Å². The molecule has 17 heavy (non-hydrogen) atoms. The number of benzene rings is 1. The number of piperidine rings is 1. The summed E-state index contributed by atoms with van der Waals surface area (Å²) in [4.78, 5) is 14.0. The number of carbonyl (C=O) groups is 1. The monoisotopic (exact) mass is 316 g/mol. The molecule has 3 nitrogen and oxygen atoms in total. The third-order valence-electron chi connectivity index (χ3n) is 2.99. The zero-order chi connectivity index (χ0) is 12.4. The lowest BCUT2D eigenvalue weighted by Crippen LogP contribution is -2.49. The summed E-state index contributed by atoms with van der Waals surface area (Å²) in [7, 11) is 1.81. The summed E-state index contributed by atoms with van der Waals surface area (Å²) in [5.41, 5.74) is 0.791. The fourth-order valence-corrected chi connectivity index (χ4v) is 2.86. The van der Waals surface area contributed by atoms with Gasteiger partial charge in [-0.2, -0.15) is 0 Å². The van der Waals surface area contributed by atoms with E-state index in [4.69, 9.17) is 11.6 Å². The van der Waals surface area contributed by atoms with Gasteiger partial charge in [0.2, 0.25) is 5.91 Å². The van der Waals surface area contributed by atoms with Gasteiger partial charge in [-0.15, -0.1) is 0 Å². The van der Waals surface area contributed by atoms with Crippen molar-refractivity contribution in [2.75, 3.05) is 18.5 Å². The number of rotatable bonds is 2. The minimum atomic E-state index is -0.0940. The third kappa shape index (κ3) is 2.64. The van der Waals surface area contributed by atoms with Gasteiger partial charge in [-0.05, 0) is 38.1 Å². The number of carbonyl (C=O) groups excluding carboxylic acids is 1. The van der Waals surface area contributed by atoms with Crippen molar-refractivity contribution in [2.45, 2.75) is 18.9 Å². The van der Waals surface area contributed by atoms with Crippen LogP contribution in [0, 0.1) is 0 Å². The highest BCUT2D eigenvalue weighted by atomic mass is 79.9. The maximum atomic E-state index is 12.2. The molecule has 0 radical (unpaired) electrons. The van der Waals surface area contributed by atoms with Crippen molar-refractivity contribution in [1.29, 1.82) is 0 Å². The van der Waals surface area contributed by atoms with Gasteiger partial charge in [0.25, 0.3) is 0 Å². The standard InChI is InChI=1S/C12H14BrClN2O/c1-15-10-3-2-6-16(12(10)17)11-5-4-8(13)7-9(11)14/h4-5,7,10,15H,2-3,6H2,1H3. The summed E-state index contributed by atoms with van der Waals surface area (Å²) in [5, 5.41) is 3.64. The summed E-state index contributed by atoms with van der Waals surface area (Å²) in [5.74, 6) is 0.1000. The first-order valence-electron chi connectivity index (χ1n) is 5.57. The Labute approximate surface area is 114 Å². The topological polar surface area (TPSA) is 32.3 Å². The second-order valence-electron chi connectivity index (χ2n) is 4.07. The first-order chi connectivity index (χ1) is 8.13. The zero-order valence-electron chi connectivity index (χ0n) is 9.54. The average Bonchev–Trinajstić information content (AvgIpc) is 2.30. The number of nitrogens with zero attached hydrogens (tertiary/aromatic N) is 1. The smallest absolute Gasteiger partial charge is 0.244 e. The number of anilines is 1. The summed E-state index contributed by atoms with van der Waals surface area (Å²) in [6.45, 7) is 0.734. The first kappa shape index (κ1) is 12.9. The third-order valence-corrected chi connectivity index (χ3v) is 3.78. The van der Waals surface area contributed by atoms with Crippen LogP contribution in [0.15, 0.2) is 22.7 Å². The van der Waals surface area contributed by atoms with E-state index in [0.29, 0.717) is 5.02 Å². The minimum Gasteiger partial charge on any atom is -0.310 e.